The second-order valence-corrected chi connectivity index (χ2v) is 11.0. The van der Waals surface area contributed by atoms with E-state index in [2.05, 4.69) is 18.7 Å². The van der Waals surface area contributed by atoms with Gasteiger partial charge < -0.3 is 9.64 Å². The van der Waals surface area contributed by atoms with Gasteiger partial charge in [0, 0.05) is 43.7 Å². The smallest absolute Gasteiger partial charge is 0.215 e. The van der Waals surface area contributed by atoms with Crippen LogP contribution in [0.2, 0.25) is 0 Å². The highest BCUT2D eigenvalue weighted by Gasteiger charge is 2.65. The highest BCUT2D eigenvalue weighted by atomic mass is 32.2. The molecule has 1 heterocycles. The first-order chi connectivity index (χ1) is 13.2. The number of benzene rings is 1. The van der Waals surface area contributed by atoms with E-state index in [4.69, 9.17) is 4.74 Å². The third-order valence-electron chi connectivity index (χ3n) is 7.64. The summed E-state index contributed by atoms with van der Waals surface area (Å²) in [6.45, 7) is 6.40. The normalized spacial score (nSPS) is 30.0. The molecule has 154 valence electrons. The third-order valence-corrected chi connectivity index (χ3v) is 9.65. The van der Waals surface area contributed by atoms with Crippen molar-refractivity contribution in [1.82, 2.24) is 4.31 Å². The van der Waals surface area contributed by atoms with Gasteiger partial charge in [-0.3, -0.25) is 4.79 Å². The number of anilines is 1. The average molecular weight is 407 g/mol. The maximum absolute atomic E-state index is 13.2. The fraction of sp³-hybridized carbons (Fsp3) is 0.667. The van der Waals surface area contributed by atoms with Gasteiger partial charge in [-0.2, -0.15) is 4.31 Å². The molecule has 0 aromatic heterocycles. The van der Waals surface area contributed by atoms with E-state index in [0.29, 0.717) is 44.9 Å². The van der Waals surface area contributed by atoms with E-state index >= 15 is 0 Å². The van der Waals surface area contributed by atoms with E-state index in [1.807, 2.05) is 24.3 Å². The maximum Gasteiger partial charge on any atom is 0.215 e. The number of ketones is 1. The number of sulfonamides is 1. The SMILES string of the molecule is COc1ccc(N2CCN(S(=O)(=O)C[C@]34CC[C@@H](CC3=O)C4(C)C)CC2)cc1. The molecule has 0 radical (unpaired) electrons. The Bertz CT molecular complexity index is 857. The van der Waals surface area contributed by atoms with Gasteiger partial charge in [-0.1, -0.05) is 13.8 Å². The molecule has 7 heteroatoms. The number of hydrogen-bond donors (Lipinski definition) is 0. The molecule has 28 heavy (non-hydrogen) atoms. The second-order valence-electron chi connectivity index (χ2n) is 9.01. The maximum atomic E-state index is 13.2. The Labute approximate surface area is 167 Å². The molecular formula is C21H30N2O4S. The number of nitrogens with zero attached hydrogens (tertiary/aromatic N) is 2. The Kier molecular flexibility index (Phi) is 4.74. The van der Waals surface area contributed by atoms with Gasteiger partial charge in [-0.25, -0.2) is 8.42 Å². The molecule has 2 atom stereocenters. The summed E-state index contributed by atoms with van der Waals surface area (Å²) >= 11 is 0. The highest BCUT2D eigenvalue weighted by molar-refractivity contribution is 7.89. The van der Waals surface area contributed by atoms with Gasteiger partial charge in [0.1, 0.15) is 11.5 Å². The van der Waals surface area contributed by atoms with Crippen LogP contribution < -0.4 is 9.64 Å². The van der Waals surface area contributed by atoms with Crippen LogP contribution in [0, 0.1) is 16.7 Å². The Balaban J connectivity index is 1.44. The number of Topliss-reactive ketones (excluding diaryl/α,β-unsaturated/α-hetero) is 1. The molecular weight excluding hydrogens is 376 g/mol. The van der Waals surface area contributed by atoms with Crippen LogP contribution >= 0.6 is 0 Å². The zero-order chi connectivity index (χ0) is 20.2. The van der Waals surface area contributed by atoms with Gasteiger partial charge in [-0.15, -0.1) is 0 Å². The largest absolute Gasteiger partial charge is 0.497 e. The topological polar surface area (TPSA) is 66.9 Å². The molecule has 2 saturated carbocycles. The van der Waals surface area contributed by atoms with Gasteiger partial charge in [0.15, 0.2) is 0 Å². The Morgan fingerprint density at radius 1 is 1.11 bits per heavy atom. The zero-order valence-corrected chi connectivity index (χ0v) is 17.8. The van der Waals surface area contributed by atoms with Crippen molar-refractivity contribution in [1.29, 1.82) is 0 Å². The van der Waals surface area contributed by atoms with Gasteiger partial charge >= 0.3 is 0 Å². The van der Waals surface area contributed by atoms with Crippen molar-refractivity contribution in [3.8, 4) is 5.75 Å². The van der Waals surface area contributed by atoms with Crippen LogP contribution in [0.3, 0.4) is 0 Å². The Morgan fingerprint density at radius 3 is 2.25 bits per heavy atom. The molecule has 0 unspecified atom stereocenters. The lowest BCUT2D eigenvalue weighted by molar-refractivity contribution is -0.128. The quantitative estimate of drug-likeness (QED) is 0.752. The van der Waals surface area contributed by atoms with Gasteiger partial charge in [0.2, 0.25) is 10.0 Å². The summed E-state index contributed by atoms with van der Waals surface area (Å²) in [7, 11) is -1.83. The zero-order valence-electron chi connectivity index (χ0n) is 17.0. The summed E-state index contributed by atoms with van der Waals surface area (Å²) in [5, 5.41) is 0. The van der Waals surface area contributed by atoms with Crippen LogP contribution in [0.4, 0.5) is 5.69 Å². The van der Waals surface area contributed by atoms with E-state index in [-0.39, 0.29) is 17.0 Å². The number of rotatable bonds is 5. The fourth-order valence-electron chi connectivity index (χ4n) is 5.53. The molecule has 4 rings (SSSR count). The number of methoxy groups -OCH3 is 1. The van der Waals surface area contributed by atoms with Crippen LogP contribution in [-0.4, -0.2) is 57.5 Å². The standard InChI is InChI=1S/C21H30N2O4S/c1-20(2)16-8-9-21(20,19(24)14-16)15-28(25,26)23-12-10-22(11-13-23)17-4-6-18(27-3)7-5-17/h4-7,16H,8-15H2,1-3H3/t16-,21+/m0/s1. The molecule has 1 aliphatic heterocycles. The van der Waals surface area contributed by atoms with Crippen molar-refractivity contribution in [2.24, 2.45) is 16.7 Å². The number of carbonyl (C=O) groups excluding carboxylic acids is 1. The van der Waals surface area contributed by atoms with Gasteiger partial charge in [0.05, 0.1) is 12.9 Å². The molecule has 1 aromatic carbocycles. The molecule has 0 spiro atoms. The highest BCUT2D eigenvalue weighted by Crippen LogP contribution is 2.64. The minimum Gasteiger partial charge on any atom is -0.497 e. The second kappa shape index (κ2) is 6.73. The summed E-state index contributed by atoms with van der Waals surface area (Å²) in [5.41, 5.74) is 0.160. The summed E-state index contributed by atoms with van der Waals surface area (Å²) in [6.07, 6.45) is 2.24. The number of carbonyl (C=O) groups is 1. The molecule has 2 bridgehead atoms. The van der Waals surface area contributed by atoms with Crippen molar-refractivity contribution >= 4 is 21.5 Å². The summed E-state index contributed by atoms with van der Waals surface area (Å²) in [4.78, 5) is 14.9. The van der Waals surface area contributed by atoms with E-state index in [1.54, 1.807) is 11.4 Å². The van der Waals surface area contributed by atoms with E-state index in [9.17, 15) is 13.2 Å². The fourth-order valence-corrected chi connectivity index (χ4v) is 7.73. The van der Waals surface area contributed by atoms with Crippen LogP contribution in [-0.2, 0) is 14.8 Å². The summed E-state index contributed by atoms with van der Waals surface area (Å²) in [5.74, 6) is 1.28. The first kappa shape index (κ1) is 19.7. The van der Waals surface area contributed by atoms with Crippen molar-refractivity contribution < 1.29 is 17.9 Å². The summed E-state index contributed by atoms with van der Waals surface area (Å²) in [6, 6.07) is 7.84. The number of hydrogen-bond acceptors (Lipinski definition) is 5. The van der Waals surface area contributed by atoms with Crippen LogP contribution in [0.5, 0.6) is 5.75 Å². The van der Waals surface area contributed by atoms with E-state index in [0.717, 1.165) is 17.9 Å². The minimum absolute atomic E-state index is 0.0229. The van der Waals surface area contributed by atoms with E-state index in [1.165, 1.54) is 0 Å². The molecule has 6 nitrogen and oxygen atoms in total. The average Bonchev–Trinajstić information content (AvgIpc) is 3.02. The van der Waals surface area contributed by atoms with Gasteiger partial charge in [-0.05, 0) is 48.4 Å². The summed E-state index contributed by atoms with van der Waals surface area (Å²) < 4.78 is 33.2. The monoisotopic (exact) mass is 406 g/mol. The molecule has 1 saturated heterocycles. The number of ether oxygens (including phenoxy) is 1. The predicted octanol–water partition coefficient (Wildman–Crippen LogP) is 2.54. The van der Waals surface area contributed by atoms with Crippen molar-refractivity contribution in [3.05, 3.63) is 24.3 Å². The first-order valence-corrected chi connectivity index (χ1v) is 11.7. The molecule has 1 aromatic rings. The molecule has 3 aliphatic rings. The molecule has 2 aliphatic carbocycles. The van der Waals surface area contributed by atoms with Crippen LogP contribution in [0.1, 0.15) is 33.1 Å². The van der Waals surface area contributed by atoms with Crippen molar-refractivity contribution in [3.63, 3.8) is 0 Å². The van der Waals surface area contributed by atoms with Crippen molar-refractivity contribution in [2.45, 2.75) is 33.1 Å². The Morgan fingerprint density at radius 2 is 1.75 bits per heavy atom. The number of fused-ring (bicyclic) bond motifs is 2. The molecule has 0 N–H and O–H groups in total. The number of piperazine rings is 1. The lowest BCUT2D eigenvalue weighted by atomic mass is 9.70. The lowest BCUT2D eigenvalue weighted by Crippen LogP contribution is -2.52. The van der Waals surface area contributed by atoms with Crippen LogP contribution in [0.25, 0.3) is 0 Å². The first-order valence-electron chi connectivity index (χ1n) is 10.1. The van der Waals surface area contributed by atoms with E-state index < -0.39 is 15.4 Å². The third kappa shape index (κ3) is 2.94. The lowest BCUT2D eigenvalue weighted by Gasteiger charge is -2.40. The Hall–Kier alpha value is -1.60. The van der Waals surface area contributed by atoms with Crippen LogP contribution in [0.15, 0.2) is 24.3 Å². The molecule has 3 fully saturated rings. The molecule has 0 amide bonds. The predicted molar refractivity (Wildman–Crippen MR) is 109 cm³/mol. The van der Waals surface area contributed by atoms with Gasteiger partial charge in [0.25, 0.3) is 0 Å². The van der Waals surface area contributed by atoms with Crippen molar-refractivity contribution in [2.75, 3.05) is 43.9 Å². The minimum atomic E-state index is -3.47.